The van der Waals surface area contributed by atoms with Gasteiger partial charge < -0.3 is 9.47 Å². The minimum atomic E-state index is -0.648. The number of rotatable bonds is 5. The summed E-state index contributed by atoms with van der Waals surface area (Å²) < 4.78 is 10.9. The van der Waals surface area contributed by atoms with Crippen LogP contribution in [0, 0.1) is 17.8 Å². The zero-order chi connectivity index (χ0) is 14.7. The Kier molecular flexibility index (Phi) is 4.81. The van der Waals surface area contributed by atoms with Crippen LogP contribution >= 0.6 is 0 Å². The van der Waals surface area contributed by atoms with Crippen LogP contribution in [0.25, 0.3) is 0 Å². The maximum absolute atomic E-state index is 11.0. The van der Waals surface area contributed by atoms with E-state index in [1.54, 1.807) is 0 Å². The van der Waals surface area contributed by atoms with Gasteiger partial charge in [-0.25, -0.2) is 4.79 Å². The summed E-state index contributed by atoms with van der Waals surface area (Å²) in [5, 5.41) is 0. The fourth-order valence-electron chi connectivity index (χ4n) is 2.30. The Morgan fingerprint density at radius 2 is 2.21 bits per heavy atom. The molecule has 0 fully saturated rings. The lowest BCUT2D eigenvalue weighted by atomic mass is 9.94. The van der Waals surface area contributed by atoms with Crippen LogP contribution in [0.1, 0.15) is 47.5 Å². The summed E-state index contributed by atoms with van der Waals surface area (Å²) in [7, 11) is 0. The van der Waals surface area contributed by atoms with Crippen molar-refractivity contribution in [3.8, 4) is 12.3 Å². The maximum Gasteiger partial charge on any atom is 0.384 e. The predicted molar refractivity (Wildman–Crippen MR) is 75.5 cm³/mol. The van der Waals surface area contributed by atoms with E-state index >= 15 is 0 Å². The Morgan fingerprint density at radius 1 is 1.58 bits per heavy atom. The van der Waals surface area contributed by atoms with Gasteiger partial charge in [0, 0.05) is 5.92 Å². The molecule has 1 aliphatic rings. The van der Waals surface area contributed by atoms with Gasteiger partial charge in [-0.2, -0.15) is 0 Å². The molecular formula is C16H24O3. The van der Waals surface area contributed by atoms with Crippen molar-refractivity contribution in [3.63, 3.8) is 0 Å². The highest BCUT2D eigenvalue weighted by molar-refractivity contribution is 5.87. The molecule has 3 heteroatoms. The summed E-state index contributed by atoms with van der Waals surface area (Å²) in [6.07, 6.45) is 9.50. The molecule has 0 amide bonds. The summed E-state index contributed by atoms with van der Waals surface area (Å²) >= 11 is 0. The summed E-state index contributed by atoms with van der Waals surface area (Å²) in [6, 6.07) is 0. The number of ether oxygens (including phenoxy) is 2. The summed E-state index contributed by atoms with van der Waals surface area (Å²) in [6.45, 7) is 10.5. The third kappa shape index (κ3) is 5.08. The molecule has 1 aliphatic carbocycles. The molecule has 0 spiro atoms. The van der Waals surface area contributed by atoms with Crippen molar-refractivity contribution in [3.05, 3.63) is 11.6 Å². The van der Waals surface area contributed by atoms with Crippen molar-refractivity contribution < 1.29 is 14.3 Å². The molecule has 0 aromatic heterocycles. The Hall–Kier alpha value is -1.27. The number of carbonyl (C=O) groups excluding carboxylic acids is 1. The van der Waals surface area contributed by atoms with Crippen molar-refractivity contribution in [1.82, 2.24) is 0 Å². The molecule has 0 saturated carbocycles. The average molecular weight is 264 g/mol. The zero-order valence-corrected chi connectivity index (χ0v) is 12.6. The fraction of sp³-hybridized carbons (Fsp3) is 0.688. The van der Waals surface area contributed by atoms with E-state index in [2.05, 4.69) is 19.9 Å². The van der Waals surface area contributed by atoms with Gasteiger partial charge in [-0.3, -0.25) is 0 Å². The standard InChI is InChI=1S/C16H24O3/c1-7-14(17)18-11-16(5,6)19-12(2)13-8-9-15(3,4)10-13/h1,10,12H,8-9,11H2,2-6H3. The van der Waals surface area contributed by atoms with Crippen LogP contribution in [0.4, 0.5) is 0 Å². The molecule has 0 saturated heterocycles. The van der Waals surface area contributed by atoms with Crippen molar-refractivity contribution >= 4 is 5.97 Å². The molecule has 106 valence electrons. The van der Waals surface area contributed by atoms with Gasteiger partial charge in [-0.05, 0) is 44.6 Å². The Balaban J connectivity index is 2.54. The normalized spacial score (nSPS) is 19.5. The number of hydrogen-bond donors (Lipinski definition) is 0. The van der Waals surface area contributed by atoms with Gasteiger partial charge in [-0.15, -0.1) is 6.42 Å². The van der Waals surface area contributed by atoms with Crippen molar-refractivity contribution in [2.45, 2.75) is 59.2 Å². The molecule has 0 N–H and O–H groups in total. The Bertz CT molecular complexity index is 410. The van der Waals surface area contributed by atoms with Crippen LogP contribution in [-0.4, -0.2) is 24.3 Å². The smallest absolute Gasteiger partial charge is 0.384 e. The summed E-state index contributed by atoms with van der Waals surface area (Å²) in [4.78, 5) is 11.0. The van der Waals surface area contributed by atoms with Crippen LogP contribution in [0.3, 0.4) is 0 Å². The van der Waals surface area contributed by atoms with E-state index < -0.39 is 11.6 Å². The lowest BCUT2D eigenvalue weighted by Crippen LogP contribution is -2.35. The zero-order valence-electron chi connectivity index (χ0n) is 12.6. The molecule has 3 nitrogen and oxygen atoms in total. The van der Waals surface area contributed by atoms with Crippen molar-refractivity contribution in [2.75, 3.05) is 6.61 Å². The van der Waals surface area contributed by atoms with E-state index in [-0.39, 0.29) is 18.1 Å². The molecule has 0 aromatic rings. The highest BCUT2D eigenvalue weighted by atomic mass is 16.6. The van der Waals surface area contributed by atoms with Crippen LogP contribution in [0.5, 0.6) is 0 Å². The molecule has 1 atom stereocenters. The van der Waals surface area contributed by atoms with Gasteiger partial charge in [0.15, 0.2) is 0 Å². The van der Waals surface area contributed by atoms with Crippen LogP contribution in [0.2, 0.25) is 0 Å². The van der Waals surface area contributed by atoms with Gasteiger partial charge in [0.1, 0.15) is 6.61 Å². The van der Waals surface area contributed by atoms with E-state index in [0.29, 0.717) is 0 Å². The van der Waals surface area contributed by atoms with Gasteiger partial charge in [0.05, 0.1) is 11.7 Å². The van der Waals surface area contributed by atoms with Crippen LogP contribution in [-0.2, 0) is 14.3 Å². The van der Waals surface area contributed by atoms with Crippen molar-refractivity contribution in [1.29, 1.82) is 0 Å². The first-order chi connectivity index (χ1) is 8.65. The van der Waals surface area contributed by atoms with Gasteiger partial charge >= 0.3 is 5.97 Å². The molecule has 0 aromatic carbocycles. The number of hydrogen-bond acceptors (Lipinski definition) is 3. The average Bonchev–Trinajstić information content (AvgIpc) is 2.66. The summed E-state index contributed by atoms with van der Waals surface area (Å²) in [5.41, 5.74) is 1.04. The van der Waals surface area contributed by atoms with E-state index in [1.807, 2.05) is 26.7 Å². The molecule has 0 aliphatic heterocycles. The topological polar surface area (TPSA) is 35.5 Å². The van der Waals surface area contributed by atoms with E-state index in [0.717, 1.165) is 12.8 Å². The monoisotopic (exact) mass is 264 g/mol. The predicted octanol–water partition coefficient (Wildman–Crippen LogP) is 3.09. The largest absolute Gasteiger partial charge is 0.453 e. The second-order valence-electron chi connectivity index (χ2n) is 6.45. The SMILES string of the molecule is C#CC(=O)OCC(C)(C)OC(C)C1=CC(C)(C)CC1. The second kappa shape index (κ2) is 5.79. The first kappa shape index (κ1) is 15.8. The second-order valence-corrected chi connectivity index (χ2v) is 6.45. The van der Waals surface area contributed by atoms with E-state index in [1.165, 1.54) is 5.57 Å². The number of terminal acetylenes is 1. The molecule has 0 radical (unpaired) electrons. The molecule has 1 rings (SSSR count). The van der Waals surface area contributed by atoms with Gasteiger partial charge in [0.25, 0.3) is 0 Å². The number of esters is 1. The lowest BCUT2D eigenvalue weighted by Gasteiger charge is -2.29. The first-order valence-electron chi connectivity index (χ1n) is 6.68. The molecular weight excluding hydrogens is 240 g/mol. The van der Waals surface area contributed by atoms with E-state index in [4.69, 9.17) is 15.9 Å². The minimum Gasteiger partial charge on any atom is -0.453 e. The van der Waals surface area contributed by atoms with Crippen LogP contribution in [0.15, 0.2) is 11.6 Å². The number of allylic oxidation sites excluding steroid dienone is 1. The quantitative estimate of drug-likeness (QED) is 0.331. The molecule has 0 heterocycles. The fourth-order valence-corrected chi connectivity index (χ4v) is 2.30. The molecule has 1 unspecified atom stereocenters. The maximum atomic E-state index is 11.0. The highest BCUT2D eigenvalue weighted by Crippen LogP contribution is 2.37. The third-order valence-electron chi connectivity index (χ3n) is 3.32. The lowest BCUT2D eigenvalue weighted by molar-refractivity contribution is -0.149. The first-order valence-corrected chi connectivity index (χ1v) is 6.68. The van der Waals surface area contributed by atoms with Crippen LogP contribution < -0.4 is 0 Å². The van der Waals surface area contributed by atoms with Gasteiger partial charge in [0.2, 0.25) is 0 Å². The third-order valence-corrected chi connectivity index (χ3v) is 3.32. The summed E-state index contributed by atoms with van der Waals surface area (Å²) in [5.74, 6) is 1.28. The Labute approximate surface area is 116 Å². The molecule has 19 heavy (non-hydrogen) atoms. The number of carbonyl (C=O) groups is 1. The Morgan fingerprint density at radius 3 is 2.68 bits per heavy atom. The van der Waals surface area contributed by atoms with Gasteiger partial charge in [-0.1, -0.05) is 19.9 Å². The van der Waals surface area contributed by atoms with E-state index in [9.17, 15) is 4.79 Å². The highest BCUT2D eigenvalue weighted by Gasteiger charge is 2.30. The molecule has 0 bridgehead atoms. The van der Waals surface area contributed by atoms with Crippen molar-refractivity contribution in [2.24, 2.45) is 5.41 Å². The minimum absolute atomic E-state index is 0.0290.